The van der Waals surface area contributed by atoms with Crippen LogP contribution in [-0.4, -0.2) is 130 Å². The van der Waals surface area contributed by atoms with E-state index in [1.54, 1.807) is 149 Å². The summed E-state index contributed by atoms with van der Waals surface area (Å²) in [7, 11) is 0. The Balaban J connectivity index is 1.63. The lowest BCUT2D eigenvalue weighted by atomic mass is 9.90. The minimum Gasteiger partial charge on any atom is -0.394 e. The van der Waals surface area contributed by atoms with Gasteiger partial charge in [0, 0.05) is 12.8 Å². The maximum atomic E-state index is 14.4. The lowest BCUT2D eigenvalue weighted by Gasteiger charge is -2.35. The predicted octanol–water partition coefficient (Wildman–Crippen LogP) is -0.461. The second-order valence-corrected chi connectivity index (χ2v) is 18.1. The maximum absolute atomic E-state index is 14.4. The van der Waals surface area contributed by atoms with Crippen LogP contribution in [0.15, 0.2) is 121 Å². The van der Waals surface area contributed by atoms with Gasteiger partial charge in [0.05, 0.1) is 25.3 Å². The average molecular weight is 967 g/mol. The fourth-order valence-corrected chi connectivity index (χ4v) is 7.69. The SMILES string of the molecule is CC(C)[C@H](NC(=O)[C@H](Cc1ccccc1)NC(=O)[C@@H](N)CO)C(=O)N[C@@H](Cc1ccccc1)[C@@H](O)[C@H](O)[C@H](Cc1ccccc1)NC(=O)[C@@H](NC(=O)[C@H](Cc1ccccc1)NC(=O)[C@@H](N)CO)C(C)C. The monoisotopic (exact) mass is 967 g/mol. The van der Waals surface area contributed by atoms with Gasteiger partial charge in [-0.05, 0) is 46.9 Å². The molecule has 0 bridgehead atoms. The molecular formula is C52H70N8O10. The first kappa shape index (κ1) is 56.1. The summed E-state index contributed by atoms with van der Waals surface area (Å²) in [6.45, 7) is 5.47. The lowest BCUT2D eigenvalue weighted by molar-refractivity contribution is -0.135. The molecule has 70 heavy (non-hydrogen) atoms. The van der Waals surface area contributed by atoms with Crippen molar-refractivity contribution in [1.82, 2.24) is 31.9 Å². The number of aliphatic hydroxyl groups is 4. The Morgan fingerprint density at radius 3 is 0.929 bits per heavy atom. The van der Waals surface area contributed by atoms with E-state index in [4.69, 9.17) is 11.5 Å². The Hall–Kier alpha value is -6.54. The number of nitrogens with two attached hydrogens (primary N) is 2. The van der Waals surface area contributed by atoms with Crippen LogP contribution in [0.3, 0.4) is 0 Å². The molecule has 6 amide bonds. The number of benzene rings is 4. The van der Waals surface area contributed by atoms with Crippen molar-refractivity contribution in [3.63, 3.8) is 0 Å². The second kappa shape index (κ2) is 28.2. The van der Waals surface area contributed by atoms with Gasteiger partial charge in [-0.15, -0.1) is 0 Å². The van der Waals surface area contributed by atoms with E-state index in [1.165, 1.54) is 0 Å². The first-order chi connectivity index (χ1) is 33.4. The van der Waals surface area contributed by atoms with Crippen LogP contribution < -0.4 is 43.4 Å². The van der Waals surface area contributed by atoms with Crippen molar-refractivity contribution in [1.29, 1.82) is 0 Å². The zero-order valence-corrected chi connectivity index (χ0v) is 40.1. The largest absolute Gasteiger partial charge is 0.394 e. The summed E-state index contributed by atoms with van der Waals surface area (Å²) in [5.41, 5.74) is 14.3. The molecule has 0 aliphatic rings. The van der Waals surface area contributed by atoms with Crippen molar-refractivity contribution in [2.24, 2.45) is 23.3 Å². The Morgan fingerprint density at radius 1 is 0.400 bits per heavy atom. The van der Waals surface area contributed by atoms with E-state index in [0.717, 1.165) is 0 Å². The van der Waals surface area contributed by atoms with Crippen molar-refractivity contribution >= 4 is 35.4 Å². The first-order valence-corrected chi connectivity index (χ1v) is 23.5. The van der Waals surface area contributed by atoms with Crippen LogP contribution in [0, 0.1) is 11.8 Å². The lowest BCUT2D eigenvalue weighted by Crippen LogP contribution is -2.63. The Kier molecular flexibility index (Phi) is 22.6. The molecule has 378 valence electrons. The number of aliphatic hydroxyl groups excluding tert-OH is 4. The predicted molar refractivity (Wildman–Crippen MR) is 264 cm³/mol. The van der Waals surface area contributed by atoms with Gasteiger partial charge >= 0.3 is 0 Å². The molecule has 0 aliphatic carbocycles. The third-order valence-electron chi connectivity index (χ3n) is 11.8. The molecule has 0 aromatic heterocycles. The Bertz CT molecular complexity index is 2100. The Morgan fingerprint density at radius 2 is 0.671 bits per heavy atom. The van der Waals surface area contributed by atoms with Crippen molar-refractivity contribution in [3.05, 3.63) is 144 Å². The molecule has 10 atom stereocenters. The van der Waals surface area contributed by atoms with Crippen LogP contribution in [0.2, 0.25) is 0 Å². The summed E-state index contributed by atoms with van der Waals surface area (Å²) in [4.78, 5) is 82.4. The molecule has 18 heteroatoms. The van der Waals surface area contributed by atoms with Crippen LogP contribution >= 0.6 is 0 Å². The van der Waals surface area contributed by atoms with Gasteiger partial charge in [-0.3, -0.25) is 28.8 Å². The van der Waals surface area contributed by atoms with Crippen molar-refractivity contribution < 1.29 is 49.2 Å². The maximum Gasteiger partial charge on any atom is 0.243 e. The smallest absolute Gasteiger partial charge is 0.243 e. The van der Waals surface area contributed by atoms with Crippen LogP contribution in [0.25, 0.3) is 0 Å². The van der Waals surface area contributed by atoms with Gasteiger partial charge < -0.3 is 63.8 Å². The van der Waals surface area contributed by atoms with Crippen molar-refractivity contribution in [2.75, 3.05) is 13.2 Å². The first-order valence-electron chi connectivity index (χ1n) is 23.5. The number of carbonyl (C=O) groups is 6. The normalized spacial score (nSPS) is 15.7. The minimum atomic E-state index is -1.75. The standard InChI is InChI=1S/C52H70N8O10/c1-31(2)43(59-49(67)41(57-47(65)37(53)29-61)27-35-21-13-7-14-22-35)51(69)55-39(25-33-17-9-5-10-18-33)45(63)46(64)40(26-34-19-11-6-12-20-34)56-52(70)44(32(3)4)60-50(68)42(58-48(66)38(54)30-62)28-36-23-15-8-16-24-36/h5-24,31-32,37-46,61-64H,25-30,53-54H2,1-4H3,(H,55,69)(H,56,70)(H,57,65)(H,58,66)(H,59,67)(H,60,68)/t37-,38-,39-,40-,41-,42-,43-,44-,45+,46+/m0/s1. The van der Waals surface area contributed by atoms with E-state index in [-0.39, 0.29) is 25.7 Å². The second-order valence-electron chi connectivity index (χ2n) is 18.1. The molecule has 0 spiro atoms. The van der Waals surface area contributed by atoms with Gasteiger partial charge in [0.15, 0.2) is 0 Å². The molecule has 0 heterocycles. The third kappa shape index (κ3) is 17.5. The summed E-state index contributed by atoms with van der Waals surface area (Å²) in [5, 5.41) is 59.8. The number of rotatable bonds is 27. The molecule has 0 saturated carbocycles. The highest BCUT2D eigenvalue weighted by Crippen LogP contribution is 2.18. The zero-order chi connectivity index (χ0) is 51.3. The molecule has 0 radical (unpaired) electrons. The average Bonchev–Trinajstić information content (AvgIpc) is 3.36. The van der Waals surface area contributed by atoms with Gasteiger partial charge in [0.25, 0.3) is 0 Å². The molecule has 0 saturated heterocycles. The van der Waals surface area contributed by atoms with E-state index in [0.29, 0.717) is 22.3 Å². The molecule has 4 aromatic carbocycles. The highest BCUT2D eigenvalue weighted by molar-refractivity contribution is 5.94. The molecule has 14 N–H and O–H groups in total. The quantitative estimate of drug-likeness (QED) is 0.0362. The number of amides is 6. The van der Waals surface area contributed by atoms with Crippen LogP contribution in [0.5, 0.6) is 0 Å². The minimum absolute atomic E-state index is 0.000444. The summed E-state index contributed by atoms with van der Waals surface area (Å²) in [5.74, 6) is -5.46. The number of hydrogen-bond acceptors (Lipinski definition) is 12. The number of nitrogens with one attached hydrogen (secondary N) is 6. The van der Waals surface area contributed by atoms with E-state index >= 15 is 0 Å². The molecular weight excluding hydrogens is 897 g/mol. The summed E-state index contributed by atoms with van der Waals surface area (Å²) in [6, 6.07) is 25.6. The van der Waals surface area contributed by atoms with Crippen LogP contribution in [0.1, 0.15) is 49.9 Å². The third-order valence-corrected chi connectivity index (χ3v) is 11.8. The highest BCUT2D eigenvalue weighted by Gasteiger charge is 2.39. The van der Waals surface area contributed by atoms with Crippen molar-refractivity contribution in [2.45, 2.75) is 114 Å². The van der Waals surface area contributed by atoms with Gasteiger partial charge in [-0.2, -0.15) is 0 Å². The van der Waals surface area contributed by atoms with Gasteiger partial charge in [-0.25, -0.2) is 0 Å². The highest BCUT2D eigenvalue weighted by atomic mass is 16.3. The number of hydrogen-bond donors (Lipinski definition) is 12. The summed E-state index contributed by atoms with van der Waals surface area (Å²) < 4.78 is 0. The van der Waals surface area contributed by atoms with Gasteiger partial charge in [0.2, 0.25) is 35.4 Å². The fraction of sp³-hybridized carbons (Fsp3) is 0.423. The molecule has 0 aliphatic heterocycles. The summed E-state index contributed by atoms with van der Waals surface area (Å²) in [6.07, 6.45) is -3.43. The molecule has 0 fully saturated rings. The van der Waals surface area contributed by atoms with Gasteiger partial charge in [-0.1, -0.05) is 149 Å². The molecule has 0 unspecified atom stereocenters. The van der Waals surface area contributed by atoms with Crippen LogP contribution in [-0.2, 0) is 54.5 Å². The summed E-state index contributed by atoms with van der Waals surface area (Å²) >= 11 is 0. The zero-order valence-electron chi connectivity index (χ0n) is 40.1. The van der Waals surface area contributed by atoms with Crippen LogP contribution in [0.4, 0.5) is 0 Å². The van der Waals surface area contributed by atoms with E-state index in [9.17, 15) is 49.2 Å². The van der Waals surface area contributed by atoms with E-state index in [1.807, 2.05) is 0 Å². The molecule has 4 rings (SSSR count). The van der Waals surface area contributed by atoms with E-state index in [2.05, 4.69) is 31.9 Å². The molecule has 18 nitrogen and oxygen atoms in total. The fourth-order valence-electron chi connectivity index (χ4n) is 7.69. The topological polar surface area (TPSA) is 308 Å². The Labute approximate surface area is 409 Å². The molecule has 4 aromatic rings. The van der Waals surface area contributed by atoms with E-state index < -0.39 is 121 Å². The number of carbonyl (C=O) groups excluding carboxylic acids is 6. The van der Waals surface area contributed by atoms with Gasteiger partial charge in [0.1, 0.15) is 48.5 Å². The van der Waals surface area contributed by atoms with Crippen molar-refractivity contribution in [3.8, 4) is 0 Å².